The molecule has 1 aromatic heterocycles. The van der Waals surface area contributed by atoms with Gasteiger partial charge in [-0.05, 0) is 79.6 Å². The zero-order chi connectivity index (χ0) is 29.9. The van der Waals surface area contributed by atoms with Crippen LogP contribution in [0.25, 0.3) is 11.1 Å². The summed E-state index contributed by atoms with van der Waals surface area (Å²) in [6.45, 7) is 3.40. The maximum atomic E-state index is 15.3. The van der Waals surface area contributed by atoms with Crippen molar-refractivity contribution in [2.45, 2.75) is 45.6 Å². The van der Waals surface area contributed by atoms with Crippen LogP contribution in [-0.2, 0) is 28.4 Å². The minimum absolute atomic E-state index is 0.0844. The molecular weight excluding hydrogens is 572 g/mol. The Morgan fingerprint density at radius 2 is 1.80 bits per heavy atom. The molecule has 2 atom stereocenters. The molecule has 1 fully saturated rings. The molecule has 0 amide bonds. The molecule has 0 saturated heterocycles. The highest BCUT2D eigenvalue weighted by molar-refractivity contribution is 7.92. The lowest BCUT2D eigenvalue weighted by molar-refractivity contribution is 0.103. The molecule has 1 aliphatic carbocycles. The Kier molecular flexibility index (Phi) is 9.68. The van der Waals surface area contributed by atoms with Gasteiger partial charge in [-0.2, -0.15) is 0 Å². The van der Waals surface area contributed by atoms with E-state index in [1.165, 1.54) is 49.0 Å². The van der Waals surface area contributed by atoms with Gasteiger partial charge in [-0.15, -0.1) is 4.72 Å². The summed E-state index contributed by atoms with van der Waals surface area (Å²) in [7, 11) is -2.35. The highest BCUT2D eigenvalue weighted by Gasteiger charge is 2.37. The maximum absolute atomic E-state index is 15.3. The molecule has 2 N–H and O–H groups in total. The number of unbranched alkanes of at least 4 members (excludes halogenated alkanes) is 1. The van der Waals surface area contributed by atoms with Crippen LogP contribution in [0.2, 0.25) is 0 Å². The molecule has 1 unspecified atom stereocenters. The number of hydrogen-bond acceptors (Lipinski definition) is 6. The van der Waals surface area contributed by atoms with Crippen molar-refractivity contribution in [2.24, 2.45) is 13.0 Å². The van der Waals surface area contributed by atoms with E-state index in [1.54, 1.807) is 0 Å². The number of ketones is 1. The van der Waals surface area contributed by atoms with Crippen LogP contribution in [0.5, 0.6) is 0 Å². The molecule has 0 spiro atoms. The van der Waals surface area contributed by atoms with Crippen molar-refractivity contribution in [2.75, 3.05) is 16.2 Å². The third kappa shape index (κ3) is 7.42. The number of sulfonamides is 1. The Hall–Kier alpha value is -3.06. The van der Waals surface area contributed by atoms with Gasteiger partial charge in [-0.1, -0.05) is 13.3 Å². The van der Waals surface area contributed by atoms with E-state index in [2.05, 4.69) is 9.44 Å². The van der Waals surface area contributed by atoms with Crippen LogP contribution in [0.4, 0.5) is 14.5 Å². The zero-order valence-electron chi connectivity index (χ0n) is 23.1. The van der Waals surface area contributed by atoms with Gasteiger partial charge in [0.05, 0.1) is 17.5 Å². The van der Waals surface area contributed by atoms with Gasteiger partial charge in [0.2, 0.25) is 10.0 Å². The number of aromatic nitrogens is 1. The number of halogens is 2. The van der Waals surface area contributed by atoms with E-state index in [0.29, 0.717) is 16.9 Å². The molecule has 220 valence electrons. The maximum Gasteiger partial charge on any atom is 0.250 e. The number of rotatable bonds is 13. The van der Waals surface area contributed by atoms with Crippen molar-refractivity contribution in [3.8, 4) is 11.1 Å². The molecule has 1 saturated carbocycles. The Morgan fingerprint density at radius 1 is 1.12 bits per heavy atom. The topological polar surface area (TPSA) is 120 Å². The summed E-state index contributed by atoms with van der Waals surface area (Å²) in [6.07, 6.45) is 4.79. The standard InChI is InChI=1S/C29H33F2N3O5S2/c1-4-6-13-40(37)32-28(18-7-8-18)22-16-27(35)34(3)17-24(22)21-15-26(33-41(38,39)5-2)25(31)14-23(21)29(36)19-9-11-20(30)12-10-19/h9-12,14-18,28,32-33H,4-8,13H2,1-3H3/t28?,40-/m0/s1. The fourth-order valence-electron chi connectivity index (χ4n) is 4.50. The van der Waals surface area contributed by atoms with Crippen LogP contribution in [0.15, 0.2) is 53.5 Å². The molecule has 41 heavy (non-hydrogen) atoms. The molecule has 12 heteroatoms. The van der Waals surface area contributed by atoms with Crippen LogP contribution in [0, 0.1) is 17.6 Å². The summed E-state index contributed by atoms with van der Waals surface area (Å²) in [5, 5.41) is 0. The first-order chi connectivity index (χ1) is 19.4. The fraction of sp³-hybridized carbons (Fsp3) is 0.379. The van der Waals surface area contributed by atoms with E-state index in [4.69, 9.17) is 0 Å². The van der Waals surface area contributed by atoms with E-state index >= 15 is 4.39 Å². The normalized spacial score (nSPS) is 15.0. The number of hydrogen-bond donors (Lipinski definition) is 2. The number of pyridine rings is 1. The molecule has 8 nitrogen and oxygen atoms in total. The summed E-state index contributed by atoms with van der Waals surface area (Å²) in [4.78, 5) is 26.5. The van der Waals surface area contributed by atoms with Gasteiger partial charge in [-0.3, -0.25) is 14.3 Å². The van der Waals surface area contributed by atoms with Crippen LogP contribution < -0.4 is 15.0 Å². The first kappa shape index (κ1) is 30.9. The third-order valence-electron chi connectivity index (χ3n) is 7.02. The lowest BCUT2D eigenvalue weighted by atomic mass is 9.89. The Labute approximate surface area is 241 Å². The van der Waals surface area contributed by atoms with E-state index in [0.717, 1.165) is 43.9 Å². The second-order valence-electron chi connectivity index (χ2n) is 10.1. The van der Waals surface area contributed by atoms with Crippen molar-refractivity contribution in [1.29, 1.82) is 0 Å². The molecule has 1 heterocycles. The first-order valence-corrected chi connectivity index (χ1v) is 16.4. The Morgan fingerprint density at radius 3 is 2.41 bits per heavy atom. The van der Waals surface area contributed by atoms with E-state index in [-0.39, 0.29) is 39.6 Å². The minimum atomic E-state index is -3.88. The number of carbonyl (C=O) groups excluding carboxylic acids is 1. The van der Waals surface area contributed by atoms with Gasteiger partial charge in [0.1, 0.15) is 17.4 Å². The zero-order valence-corrected chi connectivity index (χ0v) is 24.7. The summed E-state index contributed by atoms with van der Waals surface area (Å²) < 4.78 is 73.2. The largest absolute Gasteiger partial charge is 0.598 e. The van der Waals surface area contributed by atoms with E-state index in [1.807, 2.05) is 6.92 Å². The van der Waals surface area contributed by atoms with Crippen LogP contribution in [0.1, 0.15) is 67.1 Å². The van der Waals surface area contributed by atoms with Gasteiger partial charge >= 0.3 is 0 Å². The minimum Gasteiger partial charge on any atom is -0.598 e. The van der Waals surface area contributed by atoms with Crippen molar-refractivity contribution < 1.29 is 26.5 Å². The number of anilines is 1. The summed E-state index contributed by atoms with van der Waals surface area (Å²) >= 11 is -1.39. The second-order valence-corrected chi connectivity index (χ2v) is 13.5. The van der Waals surface area contributed by atoms with E-state index < -0.39 is 44.8 Å². The predicted molar refractivity (Wildman–Crippen MR) is 157 cm³/mol. The molecule has 0 radical (unpaired) electrons. The molecule has 0 bridgehead atoms. The highest BCUT2D eigenvalue weighted by Crippen LogP contribution is 2.45. The van der Waals surface area contributed by atoms with Crippen LogP contribution in [0.3, 0.4) is 0 Å². The number of nitrogens with one attached hydrogen (secondary N) is 2. The number of carbonyl (C=O) groups is 1. The number of benzene rings is 2. The molecular formula is C29H33F2N3O5S2. The molecule has 1 aliphatic rings. The third-order valence-corrected chi connectivity index (χ3v) is 9.49. The molecule has 2 aromatic carbocycles. The van der Waals surface area contributed by atoms with Crippen LogP contribution >= 0.6 is 0 Å². The summed E-state index contributed by atoms with van der Waals surface area (Å²) in [5.74, 6) is -1.94. The van der Waals surface area contributed by atoms with E-state index in [9.17, 15) is 27.0 Å². The average Bonchev–Trinajstić information content (AvgIpc) is 3.78. The number of nitrogens with zero attached hydrogens (tertiary/aromatic N) is 1. The SMILES string of the molecule is CCCC[S@+]([O-])NC(c1cc(=O)n(C)cc1-c1cc(NS(=O)(=O)CC)c(F)cc1C(=O)c1ccc(F)cc1)C1CC1. The van der Waals surface area contributed by atoms with Crippen molar-refractivity contribution >= 4 is 32.9 Å². The quantitative estimate of drug-likeness (QED) is 0.213. The first-order valence-electron chi connectivity index (χ1n) is 13.4. The van der Waals surface area contributed by atoms with Gasteiger partial charge in [0.15, 0.2) is 5.78 Å². The van der Waals surface area contributed by atoms with Gasteiger partial charge in [0, 0.05) is 47.4 Å². The van der Waals surface area contributed by atoms with Gasteiger partial charge < -0.3 is 9.12 Å². The van der Waals surface area contributed by atoms with Gasteiger partial charge in [-0.25, -0.2) is 17.2 Å². The molecule has 3 aromatic rings. The average molecular weight is 606 g/mol. The smallest absolute Gasteiger partial charge is 0.250 e. The lowest BCUT2D eigenvalue weighted by Gasteiger charge is -2.24. The highest BCUT2D eigenvalue weighted by atomic mass is 32.2. The predicted octanol–water partition coefficient (Wildman–Crippen LogP) is 4.83. The number of aryl methyl sites for hydroxylation is 1. The summed E-state index contributed by atoms with van der Waals surface area (Å²) in [5.41, 5.74) is 0.325. The van der Waals surface area contributed by atoms with Crippen molar-refractivity contribution in [3.05, 3.63) is 87.3 Å². The lowest BCUT2D eigenvalue weighted by Crippen LogP contribution is -2.33. The second kappa shape index (κ2) is 12.8. The van der Waals surface area contributed by atoms with Crippen molar-refractivity contribution in [3.63, 3.8) is 0 Å². The Bertz CT molecular complexity index is 1590. The summed E-state index contributed by atoms with van der Waals surface area (Å²) in [6, 6.07) is 7.88. The monoisotopic (exact) mass is 605 g/mol. The van der Waals surface area contributed by atoms with Gasteiger partial charge in [0.25, 0.3) is 5.56 Å². The molecule has 4 rings (SSSR count). The van der Waals surface area contributed by atoms with Crippen molar-refractivity contribution in [1.82, 2.24) is 9.29 Å². The molecule has 0 aliphatic heterocycles. The fourth-order valence-corrected chi connectivity index (χ4v) is 6.41. The Balaban J connectivity index is 1.95. The van der Waals surface area contributed by atoms with Crippen LogP contribution in [-0.4, -0.2) is 34.8 Å².